The van der Waals surface area contributed by atoms with Crippen molar-refractivity contribution in [1.82, 2.24) is 0 Å². The number of hydrogen-bond acceptors (Lipinski definition) is 4. The number of methoxy groups -OCH3 is 2. The molecule has 4 nitrogen and oxygen atoms in total. The van der Waals surface area contributed by atoms with Crippen LogP contribution < -0.4 is 4.74 Å². The molecule has 28 heavy (non-hydrogen) atoms. The van der Waals surface area contributed by atoms with Crippen LogP contribution in [-0.4, -0.2) is 31.4 Å². The molecule has 154 valence electrons. The fraction of sp³-hybridized carbons (Fsp3) is 0.708. The molecule has 3 aliphatic rings. The van der Waals surface area contributed by atoms with E-state index < -0.39 is 0 Å². The SMILES string of the molecule is COC(=O)CCC[C@@H]1C[C@H]2[C@@H]3CCc4cc(OC)ccc4[C@H]3CC[C@]2(C)[C@H]1O. The molecule has 0 aromatic heterocycles. The summed E-state index contributed by atoms with van der Waals surface area (Å²) in [6.07, 6.45) is 7.65. The van der Waals surface area contributed by atoms with Crippen LogP contribution in [-0.2, 0) is 16.0 Å². The molecule has 0 radical (unpaired) electrons. The summed E-state index contributed by atoms with van der Waals surface area (Å²) < 4.78 is 10.2. The van der Waals surface area contributed by atoms with Crippen molar-refractivity contribution >= 4 is 5.97 Å². The Morgan fingerprint density at radius 3 is 2.86 bits per heavy atom. The number of aryl methyl sites for hydroxylation is 1. The van der Waals surface area contributed by atoms with Gasteiger partial charge in [-0.1, -0.05) is 13.0 Å². The smallest absolute Gasteiger partial charge is 0.305 e. The van der Waals surface area contributed by atoms with Crippen molar-refractivity contribution in [3.05, 3.63) is 29.3 Å². The maximum absolute atomic E-state index is 11.4. The van der Waals surface area contributed by atoms with Gasteiger partial charge < -0.3 is 14.6 Å². The zero-order chi connectivity index (χ0) is 19.9. The van der Waals surface area contributed by atoms with Crippen LogP contribution in [0.2, 0.25) is 0 Å². The zero-order valence-electron chi connectivity index (χ0n) is 17.4. The van der Waals surface area contributed by atoms with Crippen LogP contribution in [0.25, 0.3) is 0 Å². The number of carbonyl (C=O) groups is 1. The van der Waals surface area contributed by atoms with E-state index >= 15 is 0 Å². The molecule has 0 bridgehead atoms. The Bertz CT molecular complexity index is 729. The van der Waals surface area contributed by atoms with Crippen LogP contribution in [0.3, 0.4) is 0 Å². The van der Waals surface area contributed by atoms with Gasteiger partial charge in [-0.15, -0.1) is 0 Å². The topological polar surface area (TPSA) is 55.8 Å². The number of aliphatic hydroxyl groups excluding tert-OH is 1. The Balaban J connectivity index is 1.50. The molecule has 0 aliphatic heterocycles. The average molecular weight is 387 g/mol. The molecule has 1 N–H and O–H groups in total. The molecule has 0 saturated heterocycles. The number of fused-ring (bicyclic) bond motifs is 5. The van der Waals surface area contributed by atoms with Crippen molar-refractivity contribution < 1.29 is 19.4 Å². The van der Waals surface area contributed by atoms with Gasteiger partial charge in [0.25, 0.3) is 0 Å². The molecule has 2 fully saturated rings. The molecule has 0 spiro atoms. The van der Waals surface area contributed by atoms with Crippen molar-refractivity contribution in [3.63, 3.8) is 0 Å². The van der Waals surface area contributed by atoms with Crippen LogP contribution in [0.15, 0.2) is 18.2 Å². The number of benzene rings is 1. The third kappa shape index (κ3) is 3.24. The summed E-state index contributed by atoms with van der Waals surface area (Å²) >= 11 is 0. The van der Waals surface area contributed by atoms with Gasteiger partial charge in [0.2, 0.25) is 0 Å². The van der Waals surface area contributed by atoms with Gasteiger partial charge in [-0.05, 0) is 97.3 Å². The fourth-order valence-electron chi connectivity index (χ4n) is 6.72. The summed E-state index contributed by atoms with van der Waals surface area (Å²) in [5.74, 6) is 3.00. The quantitative estimate of drug-likeness (QED) is 0.758. The number of hydrogen-bond donors (Lipinski definition) is 1. The highest BCUT2D eigenvalue weighted by Crippen LogP contribution is 2.62. The zero-order valence-corrected chi connectivity index (χ0v) is 17.4. The molecule has 2 saturated carbocycles. The van der Waals surface area contributed by atoms with Crippen LogP contribution in [0, 0.1) is 23.2 Å². The maximum atomic E-state index is 11.4. The summed E-state index contributed by atoms with van der Waals surface area (Å²) in [4.78, 5) is 11.4. The number of carbonyl (C=O) groups excluding carboxylic acids is 1. The maximum Gasteiger partial charge on any atom is 0.305 e. The lowest BCUT2D eigenvalue weighted by molar-refractivity contribution is -0.140. The minimum absolute atomic E-state index is 0.0288. The minimum Gasteiger partial charge on any atom is -0.497 e. The standard InChI is InChI=1S/C24H34O4/c1-24-12-11-19-18-10-8-17(27-2)13-15(18)7-9-20(19)21(24)14-16(23(24)26)5-4-6-22(25)28-3/h8,10,13,16,19-21,23,26H,4-7,9,11-12,14H2,1-3H3/t16-,19-,20-,21+,23+,24+/m1/s1. The summed E-state index contributed by atoms with van der Waals surface area (Å²) in [5, 5.41) is 11.2. The van der Waals surface area contributed by atoms with E-state index in [2.05, 4.69) is 25.1 Å². The predicted octanol–water partition coefficient (Wildman–Crippen LogP) is 4.48. The molecule has 0 heterocycles. The summed E-state index contributed by atoms with van der Waals surface area (Å²) in [7, 11) is 3.18. The molecule has 4 rings (SSSR count). The first-order valence-electron chi connectivity index (χ1n) is 10.9. The molecular weight excluding hydrogens is 352 g/mol. The monoisotopic (exact) mass is 386 g/mol. The van der Waals surface area contributed by atoms with Gasteiger partial charge in [-0.3, -0.25) is 4.79 Å². The first-order chi connectivity index (χ1) is 13.5. The third-order valence-electron chi connectivity index (χ3n) is 8.23. The molecule has 1 aromatic carbocycles. The van der Waals surface area contributed by atoms with E-state index in [0.29, 0.717) is 30.1 Å². The Morgan fingerprint density at radius 1 is 1.29 bits per heavy atom. The Morgan fingerprint density at radius 2 is 2.11 bits per heavy atom. The molecule has 0 amide bonds. The van der Waals surface area contributed by atoms with Gasteiger partial charge in [0.1, 0.15) is 5.75 Å². The van der Waals surface area contributed by atoms with E-state index in [1.807, 2.05) is 0 Å². The highest BCUT2D eigenvalue weighted by Gasteiger charge is 2.57. The van der Waals surface area contributed by atoms with Gasteiger partial charge in [0.15, 0.2) is 0 Å². The molecule has 3 aliphatic carbocycles. The lowest BCUT2D eigenvalue weighted by atomic mass is 9.55. The van der Waals surface area contributed by atoms with Crippen molar-refractivity contribution in [2.24, 2.45) is 23.2 Å². The lowest BCUT2D eigenvalue weighted by Crippen LogP contribution is -2.44. The van der Waals surface area contributed by atoms with Gasteiger partial charge in [0.05, 0.1) is 20.3 Å². The van der Waals surface area contributed by atoms with Crippen LogP contribution in [0.5, 0.6) is 5.75 Å². The first-order valence-corrected chi connectivity index (χ1v) is 10.9. The molecule has 6 atom stereocenters. The van der Waals surface area contributed by atoms with Crippen LogP contribution in [0.4, 0.5) is 0 Å². The van der Waals surface area contributed by atoms with E-state index in [0.717, 1.165) is 37.9 Å². The van der Waals surface area contributed by atoms with Crippen LogP contribution in [0.1, 0.15) is 68.9 Å². The van der Waals surface area contributed by atoms with E-state index in [-0.39, 0.29) is 17.5 Å². The number of rotatable bonds is 5. The highest BCUT2D eigenvalue weighted by atomic mass is 16.5. The van der Waals surface area contributed by atoms with E-state index in [1.54, 1.807) is 7.11 Å². The van der Waals surface area contributed by atoms with Gasteiger partial charge in [-0.2, -0.15) is 0 Å². The summed E-state index contributed by atoms with van der Waals surface area (Å²) in [6, 6.07) is 6.61. The van der Waals surface area contributed by atoms with Crippen molar-refractivity contribution in [1.29, 1.82) is 0 Å². The van der Waals surface area contributed by atoms with Crippen molar-refractivity contribution in [2.45, 2.75) is 70.3 Å². The van der Waals surface area contributed by atoms with Crippen LogP contribution >= 0.6 is 0 Å². The number of ether oxygens (including phenoxy) is 2. The van der Waals surface area contributed by atoms with E-state index in [4.69, 9.17) is 9.47 Å². The second-order valence-corrected chi connectivity index (χ2v) is 9.43. The average Bonchev–Trinajstić information content (AvgIpc) is 2.98. The van der Waals surface area contributed by atoms with E-state index in [9.17, 15) is 9.90 Å². The first kappa shape index (κ1) is 19.8. The van der Waals surface area contributed by atoms with Crippen molar-refractivity contribution in [2.75, 3.05) is 14.2 Å². The van der Waals surface area contributed by atoms with Crippen molar-refractivity contribution in [3.8, 4) is 5.75 Å². The van der Waals surface area contributed by atoms with Gasteiger partial charge in [-0.25, -0.2) is 0 Å². The molecule has 4 heteroatoms. The lowest BCUT2D eigenvalue weighted by Gasteiger charge is -2.50. The van der Waals surface area contributed by atoms with Gasteiger partial charge in [0, 0.05) is 6.42 Å². The Kier molecular flexibility index (Phi) is 5.43. The molecular formula is C24H34O4. The molecule has 1 aromatic rings. The van der Waals surface area contributed by atoms with E-state index in [1.165, 1.54) is 31.1 Å². The molecule has 0 unspecified atom stereocenters. The third-order valence-corrected chi connectivity index (χ3v) is 8.23. The largest absolute Gasteiger partial charge is 0.497 e. The minimum atomic E-state index is -0.242. The highest BCUT2D eigenvalue weighted by molar-refractivity contribution is 5.68. The number of aliphatic hydroxyl groups is 1. The second kappa shape index (κ2) is 7.70. The predicted molar refractivity (Wildman–Crippen MR) is 108 cm³/mol. The fourth-order valence-corrected chi connectivity index (χ4v) is 6.72. The summed E-state index contributed by atoms with van der Waals surface area (Å²) in [5.41, 5.74) is 3.00. The second-order valence-electron chi connectivity index (χ2n) is 9.43. The Hall–Kier alpha value is -1.55. The normalized spacial score (nSPS) is 36.2. The summed E-state index contributed by atoms with van der Waals surface area (Å²) in [6.45, 7) is 2.32. The number of esters is 1. The van der Waals surface area contributed by atoms with Gasteiger partial charge >= 0.3 is 5.97 Å². The Labute approximate surface area is 168 Å².